The second kappa shape index (κ2) is 7.87. The van der Waals surface area contributed by atoms with Crippen LogP contribution in [0.25, 0.3) is 0 Å². The summed E-state index contributed by atoms with van der Waals surface area (Å²) in [4.78, 5) is 14.7. The standard InChI is InChI=1S/C21H24N4O/c1-16-9-11-19(12-10-16)25(14-18-7-5-4-6-8-18)15-21(26)22-20-13-17(2)23-24(20)3/h4-13H,14-15H2,1-3H3,(H,22,26). The van der Waals surface area contributed by atoms with E-state index in [4.69, 9.17) is 0 Å². The number of aromatic nitrogens is 2. The zero-order valence-electron chi connectivity index (χ0n) is 15.4. The van der Waals surface area contributed by atoms with Gasteiger partial charge in [-0.05, 0) is 31.5 Å². The van der Waals surface area contributed by atoms with Gasteiger partial charge in [0.2, 0.25) is 5.91 Å². The SMILES string of the molecule is Cc1ccc(N(CC(=O)Nc2cc(C)nn2C)Cc2ccccc2)cc1. The quantitative estimate of drug-likeness (QED) is 0.739. The minimum Gasteiger partial charge on any atom is -0.358 e. The minimum atomic E-state index is -0.0653. The molecule has 5 heteroatoms. The fraction of sp³-hybridized carbons (Fsp3) is 0.238. The topological polar surface area (TPSA) is 50.2 Å². The molecule has 0 saturated heterocycles. The van der Waals surface area contributed by atoms with Crippen molar-refractivity contribution in [2.45, 2.75) is 20.4 Å². The Bertz CT molecular complexity index is 869. The van der Waals surface area contributed by atoms with Gasteiger partial charge in [0.05, 0.1) is 12.2 Å². The highest BCUT2D eigenvalue weighted by Gasteiger charge is 2.14. The van der Waals surface area contributed by atoms with Crippen LogP contribution in [-0.4, -0.2) is 22.2 Å². The van der Waals surface area contributed by atoms with Crippen LogP contribution in [0.1, 0.15) is 16.8 Å². The van der Waals surface area contributed by atoms with Crippen molar-refractivity contribution in [1.29, 1.82) is 0 Å². The van der Waals surface area contributed by atoms with Crippen LogP contribution >= 0.6 is 0 Å². The van der Waals surface area contributed by atoms with Crippen LogP contribution in [0.3, 0.4) is 0 Å². The van der Waals surface area contributed by atoms with Crippen molar-refractivity contribution in [3.63, 3.8) is 0 Å². The first-order valence-corrected chi connectivity index (χ1v) is 8.67. The molecule has 0 aliphatic rings. The number of benzene rings is 2. The number of nitrogens with one attached hydrogen (secondary N) is 1. The third-order valence-corrected chi connectivity index (χ3v) is 4.22. The summed E-state index contributed by atoms with van der Waals surface area (Å²) in [5.41, 5.74) is 4.26. The highest BCUT2D eigenvalue weighted by molar-refractivity contribution is 5.93. The van der Waals surface area contributed by atoms with Gasteiger partial charge in [0, 0.05) is 25.3 Å². The van der Waals surface area contributed by atoms with Gasteiger partial charge in [0.1, 0.15) is 5.82 Å². The number of hydrogen-bond donors (Lipinski definition) is 1. The molecule has 0 aliphatic heterocycles. The molecule has 0 bridgehead atoms. The minimum absolute atomic E-state index is 0.0653. The summed E-state index contributed by atoms with van der Waals surface area (Å²) >= 11 is 0. The van der Waals surface area contributed by atoms with Gasteiger partial charge in [-0.25, -0.2) is 0 Å². The van der Waals surface area contributed by atoms with E-state index in [1.54, 1.807) is 4.68 Å². The molecule has 0 saturated carbocycles. The lowest BCUT2D eigenvalue weighted by molar-refractivity contribution is -0.115. The molecule has 0 fully saturated rings. The van der Waals surface area contributed by atoms with E-state index < -0.39 is 0 Å². The number of nitrogens with zero attached hydrogens (tertiary/aromatic N) is 3. The Morgan fingerprint density at radius 1 is 1.08 bits per heavy atom. The van der Waals surface area contributed by atoms with Crippen molar-refractivity contribution < 1.29 is 4.79 Å². The zero-order chi connectivity index (χ0) is 18.5. The predicted octanol–water partition coefficient (Wildman–Crippen LogP) is 3.68. The summed E-state index contributed by atoms with van der Waals surface area (Å²) in [6, 6.07) is 20.3. The third kappa shape index (κ3) is 4.51. The lowest BCUT2D eigenvalue weighted by Crippen LogP contribution is -2.33. The molecular formula is C21H24N4O. The van der Waals surface area contributed by atoms with Crippen LogP contribution in [-0.2, 0) is 18.4 Å². The molecular weight excluding hydrogens is 324 g/mol. The number of anilines is 2. The van der Waals surface area contributed by atoms with Crippen LogP contribution < -0.4 is 10.2 Å². The molecule has 5 nitrogen and oxygen atoms in total. The Hall–Kier alpha value is -3.08. The highest BCUT2D eigenvalue weighted by atomic mass is 16.2. The fourth-order valence-corrected chi connectivity index (χ4v) is 2.88. The maximum absolute atomic E-state index is 12.6. The van der Waals surface area contributed by atoms with Crippen molar-refractivity contribution in [1.82, 2.24) is 9.78 Å². The van der Waals surface area contributed by atoms with E-state index in [2.05, 4.69) is 58.6 Å². The molecule has 0 radical (unpaired) electrons. The lowest BCUT2D eigenvalue weighted by atomic mass is 10.1. The smallest absolute Gasteiger partial charge is 0.245 e. The van der Waals surface area contributed by atoms with E-state index in [1.165, 1.54) is 5.56 Å². The van der Waals surface area contributed by atoms with Gasteiger partial charge in [-0.2, -0.15) is 5.10 Å². The van der Waals surface area contributed by atoms with E-state index in [-0.39, 0.29) is 12.5 Å². The van der Waals surface area contributed by atoms with Gasteiger partial charge in [-0.1, -0.05) is 48.0 Å². The molecule has 0 atom stereocenters. The Morgan fingerprint density at radius 2 is 1.77 bits per heavy atom. The molecule has 1 aromatic heterocycles. The maximum Gasteiger partial charge on any atom is 0.245 e. The van der Waals surface area contributed by atoms with Crippen LogP contribution in [0.2, 0.25) is 0 Å². The summed E-state index contributed by atoms with van der Waals surface area (Å²) < 4.78 is 1.68. The molecule has 26 heavy (non-hydrogen) atoms. The Balaban J connectivity index is 1.77. The van der Waals surface area contributed by atoms with Crippen LogP contribution in [0, 0.1) is 13.8 Å². The second-order valence-corrected chi connectivity index (χ2v) is 6.52. The first-order chi connectivity index (χ1) is 12.5. The average Bonchev–Trinajstić information content (AvgIpc) is 2.93. The third-order valence-electron chi connectivity index (χ3n) is 4.22. The molecule has 1 heterocycles. The number of hydrogen-bond acceptors (Lipinski definition) is 3. The molecule has 0 aliphatic carbocycles. The second-order valence-electron chi connectivity index (χ2n) is 6.52. The molecule has 3 aromatic rings. The first-order valence-electron chi connectivity index (χ1n) is 8.67. The highest BCUT2D eigenvalue weighted by Crippen LogP contribution is 2.18. The molecule has 3 rings (SSSR count). The summed E-state index contributed by atoms with van der Waals surface area (Å²) in [6.45, 7) is 4.90. The first kappa shape index (κ1) is 17.7. The maximum atomic E-state index is 12.6. The largest absolute Gasteiger partial charge is 0.358 e. The van der Waals surface area contributed by atoms with E-state index in [0.29, 0.717) is 12.4 Å². The van der Waals surface area contributed by atoms with Crippen LogP contribution in [0.15, 0.2) is 60.7 Å². The van der Waals surface area contributed by atoms with Crippen LogP contribution in [0.4, 0.5) is 11.5 Å². The van der Waals surface area contributed by atoms with Gasteiger partial charge < -0.3 is 10.2 Å². The molecule has 2 aromatic carbocycles. The van der Waals surface area contributed by atoms with Crippen molar-refractivity contribution in [2.75, 3.05) is 16.8 Å². The van der Waals surface area contributed by atoms with Crippen LogP contribution in [0.5, 0.6) is 0 Å². The summed E-state index contributed by atoms with van der Waals surface area (Å²) in [6.07, 6.45) is 0. The average molecular weight is 348 g/mol. The lowest BCUT2D eigenvalue weighted by Gasteiger charge is -2.24. The van der Waals surface area contributed by atoms with Crippen molar-refractivity contribution in [3.8, 4) is 0 Å². The number of aryl methyl sites for hydroxylation is 3. The molecule has 0 unspecified atom stereocenters. The number of carbonyl (C=O) groups excluding carboxylic acids is 1. The van der Waals surface area contributed by atoms with E-state index in [9.17, 15) is 4.79 Å². The fourth-order valence-electron chi connectivity index (χ4n) is 2.88. The molecule has 134 valence electrons. The van der Waals surface area contributed by atoms with Gasteiger partial charge in [0.15, 0.2) is 0 Å². The van der Waals surface area contributed by atoms with Gasteiger partial charge >= 0.3 is 0 Å². The van der Waals surface area contributed by atoms with Crippen molar-refractivity contribution >= 4 is 17.4 Å². The summed E-state index contributed by atoms with van der Waals surface area (Å²) in [5, 5.41) is 7.22. The van der Waals surface area contributed by atoms with Gasteiger partial charge in [-0.15, -0.1) is 0 Å². The zero-order valence-corrected chi connectivity index (χ0v) is 15.4. The summed E-state index contributed by atoms with van der Waals surface area (Å²) in [5.74, 6) is 0.639. The number of amides is 1. The predicted molar refractivity (Wildman–Crippen MR) is 105 cm³/mol. The Kier molecular flexibility index (Phi) is 5.37. The molecule has 1 amide bonds. The van der Waals surface area contributed by atoms with Crippen molar-refractivity contribution in [3.05, 3.63) is 77.5 Å². The number of rotatable bonds is 6. The van der Waals surface area contributed by atoms with E-state index >= 15 is 0 Å². The Labute approximate surface area is 154 Å². The molecule has 0 spiro atoms. The van der Waals surface area contributed by atoms with Gasteiger partial charge in [0.25, 0.3) is 0 Å². The number of carbonyl (C=O) groups is 1. The van der Waals surface area contributed by atoms with E-state index in [0.717, 1.165) is 16.9 Å². The molecule has 1 N–H and O–H groups in total. The normalized spacial score (nSPS) is 10.6. The Morgan fingerprint density at radius 3 is 2.38 bits per heavy atom. The van der Waals surface area contributed by atoms with E-state index in [1.807, 2.05) is 38.2 Å². The van der Waals surface area contributed by atoms with Crippen molar-refractivity contribution in [2.24, 2.45) is 7.05 Å². The monoisotopic (exact) mass is 348 g/mol. The van der Waals surface area contributed by atoms with Gasteiger partial charge in [-0.3, -0.25) is 9.48 Å². The summed E-state index contributed by atoms with van der Waals surface area (Å²) in [7, 11) is 1.82.